The Morgan fingerprint density at radius 1 is 1.33 bits per heavy atom. The van der Waals surface area contributed by atoms with Crippen molar-refractivity contribution in [1.29, 1.82) is 0 Å². The van der Waals surface area contributed by atoms with E-state index < -0.39 is 18.0 Å². The zero-order valence-corrected chi connectivity index (χ0v) is 11.5. The van der Waals surface area contributed by atoms with Gasteiger partial charge in [0.15, 0.2) is 0 Å². The van der Waals surface area contributed by atoms with E-state index in [0.717, 1.165) is 0 Å². The molecule has 0 heterocycles. The van der Waals surface area contributed by atoms with Crippen LogP contribution in [0.3, 0.4) is 0 Å². The summed E-state index contributed by atoms with van der Waals surface area (Å²) in [6, 6.07) is -1.59. The van der Waals surface area contributed by atoms with Crippen LogP contribution in [0.4, 0.5) is 4.79 Å². The van der Waals surface area contributed by atoms with Crippen LogP contribution in [0.1, 0.15) is 6.42 Å². The second-order valence-corrected chi connectivity index (χ2v) is 4.77. The number of amides is 3. The van der Waals surface area contributed by atoms with E-state index in [1.54, 1.807) is 14.1 Å². The molecule has 0 aliphatic heterocycles. The Hall–Kier alpha value is -1.44. The van der Waals surface area contributed by atoms with Crippen LogP contribution in [0, 0.1) is 0 Å². The first-order chi connectivity index (χ1) is 8.38. The maximum Gasteiger partial charge on any atom is 0.326 e. The van der Waals surface area contributed by atoms with Gasteiger partial charge in [0.05, 0.1) is 6.54 Å². The van der Waals surface area contributed by atoms with Gasteiger partial charge < -0.3 is 20.6 Å². The number of nitrogens with zero attached hydrogens (tertiary/aromatic N) is 1. The molecule has 0 bridgehead atoms. The molecule has 1 unspecified atom stereocenters. The Kier molecular flexibility index (Phi) is 7.93. The number of rotatable bonds is 7. The maximum absolute atomic E-state index is 11.4. The highest BCUT2D eigenvalue weighted by Crippen LogP contribution is 2.00. The van der Waals surface area contributed by atoms with Crippen LogP contribution < -0.4 is 10.6 Å². The molecule has 0 spiro atoms. The van der Waals surface area contributed by atoms with E-state index in [1.165, 1.54) is 16.7 Å². The van der Waals surface area contributed by atoms with Crippen molar-refractivity contribution in [2.45, 2.75) is 12.5 Å². The lowest BCUT2D eigenvalue weighted by Gasteiger charge is -2.15. The van der Waals surface area contributed by atoms with E-state index in [1.807, 2.05) is 6.26 Å². The molecule has 0 saturated carbocycles. The number of hydrogen-bond acceptors (Lipinski definition) is 4. The van der Waals surface area contributed by atoms with E-state index in [0.29, 0.717) is 12.2 Å². The summed E-state index contributed by atoms with van der Waals surface area (Å²) in [7, 11) is 3.14. The lowest BCUT2D eigenvalue weighted by molar-refractivity contribution is -0.139. The van der Waals surface area contributed by atoms with Gasteiger partial charge in [-0.25, -0.2) is 9.59 Å². The van der Waals surface area contributed by atoms with E-state index in [9.17, 15) is 14.4 Å². The van der Waals surface area contributed by atoms with E-state index in [-0.39, 0.29) is 12.5 Å². The molecule has 3 amide bonds. The van der Waals surface area contributed by atoms with Gasteiger partial charge in [-0.05, 0) is 18.4 Å². The van der Waals surface area contributed by atoms with Crippen LogP contribution >= 0.6 is 11.8 Å². The highest BCUT2D eigenvalue weighted by atomic mass is 32.2. The third-order valence-electron chi connectivity index (χ3n) is 2.11. The minimum absolute atomic E-state index is 0.159. The minimum Gasteiger partial charge on any atom is -0.480 e. The summed E-state index contributed by atoms with van der Waals surface area (Å²) < 4.78 is 0. The van der Waals surface area contributed by atoms with Gasteiger partial charge in [0.25, 0.3) is 0 Å². The quantitative estimate of drug-likeness (QED) is 0.587. The third-order valence-corrected chi connectivity index (χ3v) is 2.76. The summed E-state index contributed by atoms with van der Waals surface area (Å²) in [5.74, 6) is -0.715. The molecule has 0 aliphatic rings. The lowest BCUT2D eigenvalue weighted by Crippen LogP contribution is -2.48. The molecule has 104 valence electrons. The summed E-state index contributed by atoms with van der Waals surface area (Å²) in [5, 5.41) is 13.5. The second-order valence-electron chi connectivity index (χ2n) is 3.79. The molecule has 0 aromatic rings. The fraction of sp³-hybridized carbons (Fsp3) is 0.700. The number of nitrogens with one attached hydrogen (secondary N) is 2. The van der Waals surface area contributed by atoms with Gasteiger partial charge in [0.1, 0.15) is 6.04 Å². The van der Waals surface area contributed by atoms with Gasteiger partial charge in [-0.15, -0.1) is 0 Å². The molecule has 7 nitrogen and oxygen atoms in total. The number of carbonyl (C=O) groups is 3. The third kappa shape index (κ3) is 7.00. The van der Waals surface area contributed by atoms with Crippen molar-refractivity contribution in [2.75, 3.05) is 32.6 Å². The summed E-state index contributed by atoms with van der Waals surface area (Å²) in [5.41, 5.74) is 0. The highest BCUT2D eigenvalue weighted by molar-refractivity contribution is 7.98. The van der Waals surface area contributed by atoms with Gasteiger partial charge in [0, 0.05) is 14.1 Å². The van der Waals surface area contributed by atoms with Crippen molar-refractivity contribution in [3.05, 3.63) is 0 Å². The van der Waals surface area contributed by atoms with Gasteiger partial charge in [0.2, 0.25) is 5.91 Å². The molecule has 18 heavy (non-hydrogen) atoms. The SMILES string of the molecule is CSCCC(NC(=O)NCC(=O)N(C)C)C(=O)O. The first-order valence-corrected chi connectivity index (χ1v) is 6.74. The Bertz CT molecular complexity index is 309. The van der Waals surface area contributed by atoms with Crippen molar-refractivity contribution >= 4 is 29.7 Å². The fourth-order valence-electron chi connectivity index (χ4n) is 1.02. The summed E-state index contributed by atoms with van der Waals surface area (Å²) in [6.45, 7) is -0.159. The molecule has 0 aromatic heterocycles. The monoisotopic (exact) mass is 277 g/mol. The summed E-state index contributed by atoms with van der Waals surface area (Å²) in [6.07, 6.45) is 2.19. The van der Waals surface area contributed by atoms with Gasteiger partial charge in [-0.3, -0.25) is 4.79 Å². The Morgan fingerprint density at radius 2 is 1.94 bits per heavy atom. The molecule has 0 aliphatic carbocycles. The molecule has 0 radical (unpaired) electrons. The Balaban J connectivity index is 4.10. The number of likely N-dealkylation sites (N-methyl/N-ethyl adjacent to an activating group) is 1. The van der Waals surface area contributed by atoms with E-state index in [2.05, 4.69) is 10.6 Å². The Morgan fingerprint density at radius 3 is 2.39 bits per heavy atom. The molecule has 0 aromatic carbocycles. The topological polar surface area (TPSA) is 98.7 Å². The fourth-order valence-corrected chi connectivity index (χ4v) is 1.49. The van der Waals surface area contributed by atoms with Gasteiger partial charge in [-0.2, -0.15) is 11.8 Å². The predicted molar refractivity (Wildman–Crippen MR) is 69.7 cm³/mol. The summed E-state index contributed by atoms with van der Waals surface area (Å²) in [4.78, 5) is 34.8. The van der Waals surface area contributed by atoms with Crippen molar-refractivity contribution in [2.24, 2.45) is 0 Å². The standard InChI is InChI=1S/C10H19N3O4S/c1-13(2)8(14)6-11-10(17)12-7(9(15)16)4-5-18-3/h7H,4-6H2,1-3H3,(H,15,16)(H2,11,12,17). The van der Waals surface area contributed by atoms with Crippen LogP contribution in [0.2, 0.25) is 0 Å². The smallest absolute Gasteiger partial charge is 0.326 e. The second kappa shape index (κ2) is 8.62. The number of hydrogen-bond donors (Lipinski definition) is 3. The van der Waals surface area contributed by atoms with Gasteiger partial charge in [-0.1, -0.05) is 0 Å². The largest absolute Gasteiger partial charge is 0.480 e. The average molecular weight is 277 g/mol. The Labute approximate surface area is 110 Å². The number of aliphatic carboxylic acids is 1. The minimum atomic E-state index is -1.09. The van der Waals surface area contributed by atoms with E-state index >= 15 is 0 Å². The first kappa shape index (κ1) is 16.6. The van der Waals surface area contributed by atoms with Crippen molar-refractivity contribution in [1.82, 2.24) is 15.5 Å². The zero-order chi connectivity index (χ0) is 14.1. The molecule has 1 atom stereocenters. The molecule has 0 fully saturated rings. The number of carboxylic acids is 1. The number of carboxylic acid groups (broad SMARTS) is 1. The average Bonchev–Trinajstić information content (AvgIpc) is 2.30. The van der Waals surface area contributed by atoms with Crippen LogP contribution in [-0.2, 0) is 9.59 Å². The first-order valence-electron chi connectivity index (χ1n) is 5.34. The normalized spacial score (nSPS) is 11.5. The van der Waals surface area contributed by atoms with Gasteiger partial charge >= 0.3 is 12.0 Å². The van der Waals surface area contributed by atoms with Crippen molar-refractivity contribution < 1.29 is 19.5 Å². The van der Waals surface area contributed by atoms with Crippen molar-refractivity contribution in [3.8, 4) is 0 Å². The number of thioether (sulfide) groups is 1. The zero-order valence-electron chi connectivity index (χ0n) is 10.7. The maximum atomic E-state index is 11.4. The molecule has 3 N–H and O–H groups in total. The van der Waals surface area contributed by atoms with Crippen LogP contribution in [0.25, 0.3) is 0 Å². The molecular weight excluding hydrogens is 258 g/mol. The molecule has 0 saturated heterocycles. The molecular formula is C10H19N3O4S. The number of carbonyl (C=O) groups excluding carboxylic acids is 2. The van der Waals surface area contributed by atoms with Crippen LogP contribution in [-0.4, -0.2) is 66.6 Å². The molecule has 8 heteroatoms. The predicted octanol–water partition coefficient (Wildman–Crippen LogP) is -0.420. The number of urea groups is 1. The van der Waals surface area contributed by atoms with Crippen molar-refractivity contribution in [3.63, 3.8) is 0 Å². The van der Waals surface area contributed by atoms with E-state index in [4.69, 9.17) is 5.11 Å². The van der Waals surface area contributed by atoms with Crippen LogP contribution in [0.15, 0.2) is 0 Å². The highest BCUT2D eigenvalue weighted by Gasteiger charge is 2.19. The van der Waals surface area contributed by atoms with Crippen LogP contribution in [0.5, 0.6) is 0 Å². The lowest BCUT2D eigenvalue weighted by atomic mass is 10.2. The molecule has 0 rings (SSSR count). The summed E-state index contributed by atoms with van der Waals surface area (Å²) >= 11 is 1.50.